The fourth-order valence-electron chi connectivity index (χ4n) is 2.78. The van der Waals surface area contributed by atoms with Crippen molar-refractivity contribution in [2.24, 2.45) is 5.92 Å². The Hall–Kier alpha value is -2.05. The molecule has 1 aliphatic rings. The molecular weight excluding hydrogens is 353 g/mol. The Labute approximate surface area is 148 Å². The Morgan fingerprint density at radius 1 is 1.29 bits per heavy atom. The van der Waals surface area contributed by atoms with Gasteiger partial charge in [-0.3, -0.25) is 9.59 Å². The zero-order chi connectivity index (χ0) is 17.3. The van der Waals surface area contributed by atoms with E-state index in [0.29, 0.717) is 40.7 Å². The van der Waals surface area contributed by atoms with Crippen molar-refractivity contribution in [3.8, 4) is 5.69 Å². The Morgan fingerprint density at radius 3 is 2.79 bits per heavy atom. The van der Waals surface area contributed by atoms with Crippen LogP contribution in [-0.4, -0.2) is 44.8 Å². The molecule has 0 bridgehead atoms. The Balaban J connectivity index is 1.80. The number of likely N-dealkylation sites (tertiary alicyclic amines) is 1. The second kappa shape index (κ2) is 6.83. The van der Waals surface area contributed by atoms with E-state index in [0.717, 1.165) is 0 Å². The number of amides is 1. The highest BCUT2D eigenvalue weighted by molar-refractivity contribution is 6.35. The molecule has 2 aromatic rings. The van der Waals surface area contributed by atoms with Crippen molar-refractivity contribution in [1.82, 2.24) is 14.7 Å². The van der Waals surface area contributed by atoms with Gasteiger partial charge in [0.15, 0.2) is 0 Å². The largest absolute Gasteiger partial charge is 0.481 e. The van der Waals surface area contributed by atoms with Crippen molar-refractivity contribution < 1.29 is 14.7 Å². The number of hydrogen-bond donors (Lipinski definition) is 1. The fourth-order valence-corrected chi connectivity index (χ4v) is 3.27. The van der Waals surface area contributed by atoms with Crippen LogP contribution in [0.5, 0.6) is 0 Å². The van der Waals surface area contributed by atoms with Gasteiger partial charge < -0.3 is 10.0 Å². The normalized spacial score (nSPS) is 17.8. The summed E-state index contributed by atoms with van der Waals surface area (Å²) in [5.74, 6) is -1.60. The monoisotopic (exact) mass is 367 g/mol. The lowest BCUT2D eigenvalue weighted by Crippen LogP contribution is -2.42. The SMILES string of the molecule is O=C(O)[C@@H]1CCCN(C(=O)c2cnn(-c3ccc(Cl)cc3Cl)c2)C1. The van der Waals surface area contributed by atoms with Gasteiger partial charge in [0.1, 0.15) is 0 Å². The zero-order valence-corrected chi connectivity index (χ0v) is 14.2. The molecule has 1 atom stereocenters. The number of carboxylic acids is 1. The second-order valence-electron chi connectivity index (χ2n) is 5.70. The van der Waals surface area contributed by atoms with Crippen molar-refractivity contribution in [3.63, 3.8) is 0 Å². The van der Waals surface area contributed by atoms with Crippen LogP contribution in [-0.2, 0) is 4.79 Å². The molecular formula is C16H15Cl2N3O3. The molecule has 3 rings (SSSR count). The minimum Gasteiger partial charge on any atom is -0.481 e. The van der Waals surface area contributed by atoms with Crippen LogP contribution in [0.2, 0.25) is 10.0 Å². The summed E-state index contributed by atoms with van der Waals surface area (Å²) in [7, 11) is 0. The Kier molecular flexibility index (Phi) is 4.78. The minimum absolute atomic E-state index is 0.223. The van der Waals surface area contributed by atoms with Gasteiger partial charge >= 0.3 is 5.97 Å². The molecule has 0 aliphatic carbocycles. The third-order valence-corrected chi connectivity index (χ3v) is 4.58. The Bertz CT molecular complexity index is 791. The molecule has 1 aromatic heterocycles. The first-order chi connectivity index (χ1) is 11.5. The van der Waals surface area contributed by atoms with Crippen LogP contribution in [0.25, 0.3) is 5.69 Å². The third kappa shape index (κ3) is 3.39. The standard InChI is InChI=1S/C16H15Cl2N3O3/c17-12-3-4-14(13(18)6-12)21-9-11(7-19-21)15(22)20-5-1-2-10(8-20)16(23)24/h3-4,6-7,9-10H,1-2,5,8H2,(H,23,24)/t10-/m1/s1. The summed E-state index contributed by atoms with van der Waals surface area (Å²) >= 11 is 12.0. The molecule has 0 radical (unpaired) electrons. The van der Waals surface area contributed by atoms with Crippen LogP contribution in [0, 0.1) is 5.92 Å². The summed E-state index contributed by atoms with van der Waals surface area (Å²) in [6, 6.07) is 5.00. The van der Waals surface area contributed by atoms with Gasteiger partial charge in [0.05, 0.1) is 28.4 Å². The van der Waals surface area contributed by atoms with E-state index in [-0.39, 0.29) is 12.5 Å². The molecule has 126 valence electrons. The van der Waals surface area contributed by atoms with Crippen molar-refractivity contribution in [2.45, 2.75) is 12.8 Å². The van der Waals surface area contributed by atoms with Gasteiger partial charge in [0, 0.05) is 24.3 Å². The highest BCUT2D eigenvalue weighted by Crippen LogP contribution is 2.25. The maximum absolute atomic E-state index is 12.6. The molecule has 1 N–H and O–H groups in total. The van der Waals surface area contributed by atoms with Crippen LogP contribution in [0.4, 0.5) is 0 Å². The van der Waals surface area contributed by atoms with Gasteiger partial charge in [-0.25, -0.2) is 4.68 Å². The molecule has 0 saturated carbocycles. The van der Waals surface area contributed by atoms with Gasteiger partial charge in [-0.2, -0.15) is 5.10 Å². The van der Waals surface area contributed by atoms with Crippen molar-refractivity contribution in [2.75, 3.05) is 13.1 Å². The summed E-state index contributed by atoms with van der Waals surface area (Å²) < 4.78 is 1.50. The molecule has 1 saturated heterocycles. The van der Waals surface area contributed by atoms with Gasteiger partial charge in [0.25, 0.3) is 5.91 Å². The Morgan fingerprint density at radius 2 is 2.08 bits per heavy atom. The smallest absolute Gasteiger partial charge is 0.308 e. The molecule has 1 fully saturated rings. The summed E-state index contributed by atoms with van der Waals surface area (Å²) in [6.45, 7) is 0.774. The van der Waals surface area contributed by atoms with Gasteiger partial charge in [0.2, 0.25) is 0 Å². The van der Waals surface area contributed by atoms with Crippen LogP contribution in [0.15, 0.2) is 30.6 Å². The average molecular weight is 368 g/mol. The third-order valence-electron chi connectivity index (χ3n) is 4.04. The van der Waals surface area contributed by atoms with E-state index in [1.54, 1.807) is 29.3 Å². The summed E-state index contributed by atoms with van der Waals surface area (Å²) in [4.78, 5) is 25.3. The van der Waals surface area contributed by atoms with Crippen LogP contribution >= 0.6 is 23.2 Å². The lowest BCUT2D eigenvalue weighted by Gasteiger charge is -2.30. The lowest BCUT2D eigenvalue weighted by atomic mass is 9.98. The summed E-state index contributed by atoms with van der Waals surface area (Å²) in [5, 5.41) is 14.2. The molecule has 1 amide bonds. The number of aromatic nitrogens is 2. The molecule has 1 aromatic carbocycles. The second-order valence-corrected chi connectivity index (χ2v) is 6.54. The van der Waals surface area contributed by atoms with E-state index in [4.69, 9.17) is 28.3 Å². The van der Waals surface area contributed by atoms with Gasteiger partial charge in [-0.1, -0.05) is 23.2 Å². The van der Waals surface area contributed by atoms with E-state index < -0.39 is 11.9 Å². The van der Waals surface area contributed by atoms with Crippen molar-refractivity contribution in [1.29, 1.82) is 0 Å². The summed E-state index contributed by atoms with van der Waals surface area (Å²) in [5.41, 5.74) is 1.01. The van der Waals surface area contributed by atoms with Crippen molar-refractivity contribution >= 4 is 35.1 Å². The number of rotatable bonds is 3. The number of carboxylic acid groups (broad SMARTS) is 1. The number of aliphatic carboxylic acids is 1. The number of piperidine rings is 1. The zero-order valence-electron chi connectivity index (χ0n) is 12.7. The van der Waals surface area contributed by atoms with E-state index in [1.165, 1.54) is 10.9 Å². The number of halogens is 2. The molecule has 6 nitrogen and oxygen atoms in total. The van der Waals surface area contributed by atoms with E-state index >= 15 is 0 Å². The predicted molar refractivity (Wildman–Crippen MR) is 89.8 cm³/mol. The van der Waals surface area contributed by atoms with Crippen LogP contribution < -0.4 is 0 Å². The quantitative estimate of drug-likeness (QED) is 0.903. The lowest BCUT2D eigenvalue weighted by molar-refractivity contribution is -0.143. The van der Waals surface area contributed by atoms with Crippen LogP contribution in [0.1, 0.15) is 23.2 Å². The van der Waals surface area contributed by atoms with E-state index in [1.807, 2.05) is 0 Å². The molecule has 0 spiro atoms. The number of benzene rings is 1. The molecule has 8 heteroatoms. The predicted octanol–water partition coefficient (Wildman–Crippen LogP) is 3.12. The maximum atomic E-state index is 12.6. The summed E-state index contributed by atoms with van der Waals surface area (Å²) in [6.07, 6.45) is 4.32. The van der Waals surface area contributed by atoms with Crippen LogP contribution in [0.3, 0.4) is 0 Å². The number of hydrogen-bond acceptors (Lipinski definition) is 3. The van der Waals surface area contributed by atoms with Gasteiger partial charge in [-0.15, -0.1) is 0 Å². The maximum Gasteiger partial charge on any atom is 0.308 e. The molecule has 1 aliphatic heterocycles. The van der Waals surface area contributed by atoms with Gasteiger partial charge in [-0.05, 0) is 31.0 Å². The highest BCUT2D eigenvalue weighted by Gasteiger charge is 2.29. The van der Waals surface area contributed by atoms with E-state index in [2.05, 4.69) is 5.10 Å². The average Bonchev–Trinajstić information content (AvgIpc) is 3.04. The number of nitrogens with zero attached hydrogens (tertiary/aromatic N) is 3. The minimum atomic E-state index is -0.865. The first-order valence-electron chi connectivity index (χ1n) is 7.48. The topological polar surface area (TPSA) is 75.4 Å². The number of carbonyl (C=O) groups is 2. The number of carbonyl (C=O) groups excluding carboxylic acids is 1. The first-order valence-corrected chi connectivity index (χ1v) is 8.23. The fraction of sp³-hybridized carbons (Fsp3) is 0.312. The highest BCUT2D eigenvalue weighted by atomic mass is 35.5. The molecule has 0 unspecified atom stereocenters. The molecule has 2 heterocycles. The first kappa shape index (κ1) is 16.8. The molecule has 24 heavy (non-hydrogen) atoms. The van der Waals surface area contributed by atoms with Crippen molar-refractivity contribution in [3.05, 3.63) is 46.2 Å². The van der Waals surface area contributed by atoms with E-state index in [9.17, 15) is 9.59 Å².